The number of hydrogen-bond acceptors (Lipinski definition) is 6. The Morgan fingerprint density at radius 1 is 0.774 bits per heavy atom. The topological polar surface area (TPSA) is 90.9 Å². The van der Waals surface area contributed by atoms with Gasteiger partial charge in [0.05, 0.1) is 19.9 Å². The van der Waals surface area contributed by atoms with Crippen molar-refractivity contribution in [1.82, 2.24) is 0 Å². The van der Waals surface area contributed by atoms with Crippen molar-refractivity contribution in [2.75, 3.05) is 26.1 Å². The SMILES string of the molecule is COc1cccc(OC)c1C(=O)OCC(=O)Nc1ccccc1C(=O)c1ccccc1. The number of benzene rings is 3. The Kier molecular flexibility index (Phi) is 7.01. The molecule has 158 valence electrons. The van der Waals surface area contributed by atoms with Gasteiger partial charge in [-0.3, -0.25) is 9.59 Å². The number of hydrogen-bond donors (Lipinski definition) is 1. The second kappa shape index (κ2) is 10.1. The Morgan fingerprint density at radius 3 is 2.03 bits per heavy atom. The maximum absolute atomic E-state index is 12.8. The Bertz CT molecular complexity index is 1070. The smallest absolute Gasteiger partial charge is 0.346 e. The first-order chi connectivity index (χ1) is 15.0. The molecule has 0 unspecified atom stereocenters. The lowest BCUT2D eigenvalue weighted by molar-refractivity contribution is -0.119. The van der Waals surface area contributed by atoms with Gasteiger partial charge in [-0.1, -0.05) is 48.5 Å². The van der Waals surface area contributed by atoms with Gasteiger partial charge in [-0.15, -0.1) is 0 Å². The number of ketones is 1. The normalized spacial score (nSPS) is 10.1. The minimum atomic E-state index is -0.766. The molecule has 7 nitrogen and oxygen atoms in total. The molecule has 0 radical (unpaired) electrons. The van der Waals surface area contributed by atoms with Crippen LogP contribution in [0.1, 0.15) is 26.3 Å². The van der Waals surface area contributed by atoms with E-state index in [0.29, 0.717) is 16.8 Å². The van der Waals surface area contributed by atoms with Crippen molar-refractivity contribution in [2.45, 2.75) is 0 Å². The Morgan fingerprint density at radius 2 is 1.39 bits per heavy atom. The highest BCUT2D eigenvalue weighted by Gasteiger charge is 2.21. The Labute approximate surface area is 179 Å². The molecular formula is C24H21NO6. The lowest BCUT2D eigenvalue weighted by atomic mass is 10.0. The van der Waals surface area contributed by atoms with Gasteiger partial charge in [0, 0.05) is 11.1 Å². The summed E-state index contributed by atoms with van der Waals surface area (Å²) < 4.78 is 15.5. The van der Waals surface area contributed by atoms with E-state index in [1.54, 1.807) is 66.7 Å². The second-order valence-electron chi connectivity index (χ2n) is 6.40. The minimum Gasteiger partial charge on any atom is -0.496 e. The molecule has 0 saturated heterocycles. The van der Waals surface area contributed by atoms with Gasteiger partial charge in [0.15, 0.2) is 12.4 Å². The molecule has 0 heterocycles. The number of rotatable bonds is 8. The maximum Gasteiger partial charge on any atom is 0.346 e. The summed E-state index contributed by atoms with van der Waals surface area (Å²) in [4.78, 5) is 37.7. The lowest BCUT2D eigenvalue weighted by Gasteiger charge is -2.13. The number of anilines is 1. The van der Waals surface area contributed by atoms with Gasteiger partial charge in [0.25, 0.3) is 5.91 Å². The summed E-state index contributed by atoms with van der Waals surface area (Å²) in [5.41, 5.74) is 1.24. The summed E-state index contributed by atoms with van der Waals surface area (Å²) >= 11 is 0. The van der Waals surface area contributed by atoms with Crippen LogP contribution in [0.15, 0.2) is 72.8 Å². The van der Waals surface area contributed by atoms with E-state index < -0.39 is 18.5 Å². The summed E-state index contributed by atoms with van der Waals surface area (Å²) in [5, 5.41) is 2.63. The first-order valence-electron chi connectivity index (χ1n) is 9.42. The first-order valence-corrected chi connectivity index (χ1v) is 9.42. The van der Waals surface area contributed by atoms with Gasteiger partial charge < -0.3 is 19.5 Å². The van der Waals surface area contributed by atoms with Crippen LogP contribution in [0, 0.1) is 0 Å². The van der Waals surface area contributed by atoms with Gasteiger partial charge in [-0.2, -0.15) is 0 Å². The molecule has 0 aliphatic heterocycles. The molecule has 1 amide bonds. The van der Waals surface area contributed by atoms with Crippen molar-refractivity contribution < 1.29 is 28.6 Å². The number of methoxy groups -OCH3 is 2. The van der Waals surface area contributed by atoms with Crippen LogP contribution in [-0.2, 0) is 9.53 Å². The van der Waals surface area contributed by atoms with Crippen LogP contribution in [0.2, 0.25) is 0 Å². The molecule has 0 fully saturated rings. The molecule has 0 bridgehead atoms. The van der Waals surface area contributed by atoms with Gasteiger partial charge in [0.1, 0.15) is 17.1 Å². The monoisotopic (exact) mass is 419 g/mol. The summed E-state index contributed by atoms with van der Waals surface area (Å²) in [6.45, 7) is -0.548. The van der Waals surface area contributed by atoms with Gasteiger partial charge in [-0.25, -0.2) is 4.79 Å². The third-order valence-electron chi connectivity index (χ3n) is 4.45. The molecular weight excluding hydrogens is 398 g/mol. The quantitative estimate of drug-likeness (QED) is 0.442. The maximum atomic E-state index is 12.8. The summed E-state index contributed by atoms with van der Waals surface area (Å²) in [6.07, 6.45) is 0. The van der Waals surface area contributed by atoms with Crippen molar-refractivity contribution >= 4 is 23.3 Å². The fourth-order valence-electron chi connectivity index (χ4n) is 2.98. The van der Waals surface area contributed by atoms with Crippen molar-refractivity contribution in [3.8, 4) is 11.5 Å². The highest BCUT2D eigenvalue weighted by atomic mass is 16.5. The summed E-state index contributed by atoms with van der Waals surface area (Å²) in [5.74, 6) is -1.05. The number of carbonyl (C=O) groups excluding carboxylic acids is 3. The van der Waals surface area contributed by atoms with Crippen LogP contribution in [0.5, 0.6) is 11.5 Å². The van der Waals surface area contributed by atoms with Gasteiger partial charge in [-0.05, 0) is 24.3 Å². The van der Waals surface area contributed by atoms with E-state index in [4.69, 9.17) is 14.2 Å². The van der Waals surface area contributed by atoms with E-state index in [9.17, 15) is 14.4 Å². The van der Waals surface area contributed by atoms with Crippen molar-refractivity contribution in [3.63, 3.8) is 0 Å². The molecule has 31 heavy (non-hydrogen) atoms. The van der Waals surface area contributed by atoms with Crippen LogP contribution >= 0.6 is 0 Å². The molecule has 7 heteroatoms. The molecule has 1 N–H and O–H groups in total. The fourth-order valence-corrected chi connectivity index (χ4v) is 2.98. The van der Waals surface area contributed by atoms with Crippen LogP contribution in [0.4, 0.5) is 5.69 Å². The molecule has 0 aliphatic rings. The van der Waals surface area contributed by atoms with Crippen molar-refractivity contribution in [1.29, 1.82) is 0 Å². The van der Waals surface area contributed by atoms with E-state index >= 15 is 0 Å². The zero-order chi connectivity index (χ0) is 22.2. The van der Waals surface area contributed by atoms with Gasteiger partial charge >= 0.3 is 5.97 Å². The molecule has 0 aromatic heterocycles. The van der Waals surface area contributed by atoms with E-state index in [0.717, 1.165) is 0 Å². The Hall–Kier alpha value is -4.13. The number of nitrogens with one attached hydrogen (secondary N) is 1. The number of carbonyl (C=O) groups is 3. The largest absolute Gasteiger partial charge is 0.496 e. The molecule has 0 atom stereocenters. The van der Waals surface area contributed by atoms with E-state index in [-0.39, 0.29) is 22.8 Å². The molecule has 3 aromatic rings. The highest BCUT2D eigenvalue weighted by Crippen LogP contribution is 2.29. The van der Waals surface area contributed by atoms with E-state index in [1.807, 2.05) is 6.07 Å². The van der Waals surface area contributed by atoms with E-state index in [1.165, 1.54) is 14.2 Å². The molecule has 0 spiro atoms. The van der Waals surface area contributed by atoms with Crippen molar-refractivity contribution in [2.24, 2.45) is 0 Å². The second-order valence-corrected chi connectivity index (χ2v) is 6.40. The Balaban J connectivity index is 1.70. The average Bonchev–Trinajstić information content (AvgIpc) is 2.82. The first kappa shape index (κ1) is 21.6. The van der Waals surface area contributed by atoms with Crippen LogP contribution in [0.3, 0.4) is 0 Å². The summed E-state index contributed by atoms with van der Waals surface area (Å²) in [6, 6.07) is 20.2. The number of para-hydroxylation sites is 1. The number of amides is 1. The summed E-state index contributed by atoms with van der Waals surface area (Å²) in [7, 11) is 2.83. The molecule has 0 saturated carbocycles. The predicted octanol–water partition coefficient (Wildman–Crippen LogP) is 3.73. The number of ether oxygens (including phenoxy) is 3. The average molecular weight is 419 g/mol. The van der Waals surface area contributed by atoms with Crippen LogP contribution < -0.4 is 14.8 Å². The molecule has 3 aromatic carbocycles. The van der Waals surface area contributed by atoms with Gasteiger partial charge in [0.2, 0.25) is 0 Å². The zero-order valence-corrected chi connectivity index (χ0v) is 17.1. The number of esters is 1. The highest BCUT2D eigenvalue weighted by molar-refractivity contribution is 6.14. The predicted molar refractivity (Wildman–Crippen MR) is 115 cm³/mol. The lowest BCUT2D eigenvalue weighted by Crippen LogP contribution is -2.22. The third-order valence-corrected chi connectivity index (χ3v) is 4.45. The standard InChI is InChI=1S/C24H21NO6/c1-29-19-13-8-14-20(30-2)22(19)24(28)31-15-21(26)25-18-12-7-6-11-17(18)23(27)16-9-4-3-5-10-16/h3-14H,15H2,1-2H3,(H,25,26). The zero-order valence-electron chi connectivity index (χ0n) is 17.1. The van der Waals surface area contributed by atoms with Crippen LogP contribution in [0.25, 0.3) is 0 Å². The third kappa shape index (κ3) is 5.08. The fraction of sp³-hybridized carbons (Fsp3) is 0.125. The molecule has 3 rings (SSSR count). The molecule has 0 aliphatic carbocycles. The van der Waals surface area contributed by atoms with E-state index in [2.05, 4.69) is 5.32 Å². The minimum absolute atomic E-state index is 0.0833. The van der Waals surface area contributed by atoms with Crippen LogP contribution in [-0.4, -0.2) is 38.5 Å². The van der Waals surface area contributed by atoms with Crippen molar-refractivity contribution in [3.05, 3.63) is 89.5 Å².